The molecule has 3 atom stereocenters. The first-order valence-corrected chi connectivity index (χ1v) is 12.2. The molecule has 5 heterocycles. The van der Waals surface area contributed by atoms with Gasteiger partial charge in [0.25, 0.3) is 0 Å². The second kappa shape index (κ2) is 9.45. The number of benzene rings is 1. The molecule has 0 saturated carbocycles. The number of nitrogens with zero attached hydrogens (tertiary/aromatic N) is 7. The Balaban J connectivity index is 1.33. The number of anilines is 1. The topological polar surface area (TPSA) is 94.6 Å². The largest absolute Gasteiger partial charge is 0.479 e. The number of hydrogen-bond donors (Lipinski definition) is 1. The van der Waals surface area contributed by atoms with Gasteiger partial charge in [0, 0.05) is 13.1 Å². The van der Waals surface area contributed by atoms with Crippen molar-refractivity contribution in [1.82, 2.24) is 34.5 Å². The van der Waals surface area contributed by atoms with E-state index in [2.05, 4.69) is 30.6 Å². The lowest BCUT2D eigenvalue weighted by Crippen LogP contribution is -2.57. The Morgan fingerprint density at radius 2 is 2.14 bits per heavy atom. The second-order valence-electron chi connectivity index (χ2n) is 9.57. The maximum Gasteiger partial charge on any atom is 0.244 e. The molecule has 1 aromatic carbocycles. The molecule has 2 saturated heterocycles. The van der Waals surface area contributed by atoms with E-state index in [0.717, 1.165) is 6.54 Å². The zero-order valence-corrected chi connectivity index (χ0v) is 20.4. The average Bonchev–Trinajstić information content (AvgIpc) is 3.43. The highest BCUT2D eigenvalue weighted by Gasteiger charge is 2.36. The fourth-order valence-electron chi connectivity index (χ4n) is 5.00. The summed E-state index contributed by atoms with van der Waals surface area (Å²) in [6, 6.07) is 4.40. The molecule has 196 valence electrons. The quantitative estimate of drug-likeness (QED) is 0.401. The van der Waals surface area contributed by atoms with E-state index in [-0.39, 0.29) is 23.4 Å². The summed E-state index contributed by atoms with van der Waals surface area (Å²) in [6.07, 6.45) is 0.690. The minimum atomic E-state index is -1.12. The van der Waals surface area contributed by atoms with E-state index in [1.54, 1.807) is 25.1 Å². The highest BCUT2D eigenvalue weighted by Crippen LogP contribution is 2.36. The first-order chi connectivity index (χ1) is 18.0. The molecular weight excluding hydrogens is 489 g/mol. The number of ether oxygens (including phenoxy) is 2. The van der Waals surface area contributed by atoms with Crippen LogP contribution < -0.4 is 10.1 Å². The molecule has 0 bridgehead atoms. The van der Waals surface area contributed by atoms with E-state index >= 15 is 4.39 Å². The monoisotopic (exact) mass is 516 g/mol. The molecular formula is C24H27F3N8O2. The number of likely N-dealkylation sites (tertiary alicyclic amines) is 1. The summed E-state index contributed by atoms with van der Waals surface area (Å²) in [5, 5.41) is 15.6. The van der Waals surface area contributed by atoms with Crippen LogP contribution in [0, 0.1) is 5.82 Å². The third-order valence-electron chi connectivity index (χ3n) is 7.17. The Morgan fingerprint density at radius 3 is 2.84 bits per heavy atom. The Labute approximate surface area is 210 Å². The molecule has 0 unspecified atom stereocenters. The summed E-state index contributed by atoms with van der Waals surface area (Å²) in [6.45, 7) is 3.41. The highest BCUT2D eigenvalue weighted by molar-refractivity contribution is 5.89. The summed E-state index contributed by atoms with van der Waals surface area (Å²) in [5.74, 6) is -0.255. The maximum absolute atomic E-state index is 15.3. The van der Waals surface area contributed by atoms with Crippen LogP contribution in [0.3, 0.4) is 0 Å². The molecule has 0 amide bonds. The number of piperidine rings is 1. The van der Waals surface area contributed by atoms with Crippen molar-refractivity contribution in [1.29, 1.82) is 0 Å². The van der Waals surface area contributed by atoms with E-state index in [9.17, 15) is 8.78 Å². The van der Waals surface area contributed by atoms with Gasteiger partial charge < -0.3 is 14.8 Å². The van der Waals surface area contributed by atoms with Crippen molar-refractivity contribution in [2.24, 2.45) is 0 Å². The molecule has 0 radical (unpaired) electrons. The first kappa shape index (κ1) is 23.9. The maximum atomic E-state index is 15.3. The Hall–Kier alpha value is -3.45. The van der Waals surface area contributed by atoms with Crippen LogP contribution in [-0.2, 0) is 4.74 Å². The van der Waals surface area contributed by atoms with Crippen LogP contribution in [-0.4, -0.2) is 92.8 Å². The first-order valence-electron chi connectivity index (χ1n) is 12.2. The summed E-state index contributed by atoms with van der Waals surface area (Å²) >= 11 is 0. The number of halogens is 3. The van der Waals surface area contributed by atoms with Gasteiger partial charge in [-0.15, -0.1) is 10.2 Å². The van der Waals surface area contributed by atoms with E-state index < -0.39 is 30.7 Å². The third kappa shape index (κ3) is 4.15. The van der Waals surface area contributed by atoms with Crippen LogP contribution in [0.2, 0.25) is 0 Å². The van der Waals surface area contributed by atoms with Crippen LogP contribution in [0.4, 0.5) is 19.1 Å². The lowest BCUT2D eigenvalue weighted by Gasteiger charge is -2.42. The number of fused-ring (bicyclic) bond motifs is 2. The SMILES string of the molecule is COc1nc(N[C@H]2CCN(C3COC3)C[C@@H]2F)nn2cc(F)c(-c3ccc4nnn([C@@H](C)CF)c4c3)c12. The molecule has 2 aliphatic rings. The van der Waals surface area contributed by atoms with Crippen LogP contribution >= 0.6 is 0 Å². The molecule has 13 heteroatoms. The van der Waals surface area contributed by atoms with Crippen molar-refractivity contribution in [2.45, 2.75) is 37.6 Å². The lowest BCUT2D eigenvalue weighted by atomic mass is 10.0. The summed E-state index contributed by atoms with van der Waals surface area (Å²) in [7, 11) is 1.43. The molecule has 3 aromatic heterocycles. The number of methoxy groups -OCH3 is 1. The van der Waals surface area contributed by atoms with Gasteiger partial charge in [0.05, 0.1) is 55.7 Å². The predicted molar refractivity (Wildman–Crippen MR) is 130 cm³/mol. The van der Waals surface area contributed by atoms with Crippen LogP contribution in [0.1, 0.15) is 19.4 Å². The van der Waals surface area contributed by atoms with Crippen LogP contribution in [0.15, 0.2) is 24.4 Å². The number of rotatable bonds is 7. The Bertz CT molecular complexity index is 1440. The minimum absolute atomic E-state index is 0.139. The third-order valence-corrected chi connectivity index (χ3v) is 7.17. The van der Waals surface area contributed by atoms with E-state index in [0.29, 0.717) is 48.3 Å². The van der Waals surface area contributed by atoms with Gasteiger partial charge in [0.1, 0.15) is 23.9 Å². The highest BCUT2D eigenvalue weighted by atomic mass is 19.1. The number of nitrogens with one attached hydrogen (secondary N) is 1. The molecule has 37 heavy (non-hydrogen) atoms. The Kier molecular flexibility index (Phi) is 6.11. The van der Waals surface area contributed by atoms with Crippen LogP contribution in [0.25, 0.3) is 27.7 Å². The Morgan fingerprint density at radius 1 is 1.30 bits per heavy atom. The molecule has 2 fully saturated rings. The van der Waals surface area contributed by atoms with E-state index in [1.807, 2.05) is 0 Å². The van der Waals surface area contributed by atoms with Gasteiger partial charge in [-0.3, -0.25) is 4.90 Å². The van der Waals surface area contributed by atoms with Gasteiger partial charge in [-0.05, 0) is 31.0 Å². The zero-order chi connectivity index (χ0) is 25.7. The number of hydrogen-bond acceptors (Lipinski definition) is 8. The van der Waals surface area contributed by atoms with Gasteiger partial charge in [-0.25, -0.2) is 22.4 Å². The number of aromatic nitrogens is 6. The van der Waals surface area contributed by atoms with Crippen molar-refractivity contribution in [2.75, 3.05) is 45.4 Å². The average molecular weight is 517 g/mol. The molecule has 6 rings (SSSR count). The standard InChI is InChI=1S/C24H27F3N8O2/c1-13(8-25)35-20-7-14(3-4-19(20)30-32-35)21-17(27)10-34-22(21)23(36-2)29-24(31-34)28-18-5-6-33(9-16(18)26)15-11-37-12-15/h3-4,7,10,13,15-16,18H,5-6,8-9,11-12H2,1-2H3,(H,28,31)/t13-,16-,18-/m0/s1. The van der Waals surface area contributed by atoms with Gasteiger partial charge >= 0.3 is 0 Å². The van der Waals surface area contributed by atoms with Crippen molar-refractivity contribution in [3.8, 4) is 17.0 Å². The molecule has 1 N–H and O–H groups in total. The van der Waals surface area contributed by atoms with Gasteiger partial charge in [0.15, 0.2) is 5.82 Å². The molecule has 10 nitrogen and oxygen atoms in total. The molecule has 0 spiro atoms. The summed E-state index contributed by atoms with van der Waals surface area (Å²) in [4.78, 5) is 6.54. The normalized spacial score (nSPS) is 21.9. The summed E-state index contributed by atoms with van der Waals surface area (Å²) < 4.78 is 57.2. The lowest BCUT2D eigenvalue weighted by molar-refractivity contribution is -0.0794. The van der Waals surface area contributed by atoms with E-state index in [1.165, 1.54) is 22.5 Å². The minimum Gasteiger partial charge on any atom is -0.479 e. The second-order valence-corrected chi connectivity index (χ2v) is 9.57. The van der Waals surface area contributed by atoms with Crippen molar-refractivity contribution < 1.29 is 22.6 Å². The molecule has 4 aromatic rings. The van der Waals surface area contributed by atoms with Gasteiger partial charge in [0.2, 0.25) is 11.8 Å². The van der Waals surface area contributed by atoms with Crippen molar-refractivity contribution >= 4 is 22.5 Å². The zero-order valence-electron chi connectivity index (χ0n) is 20.4. The van der Waals surface area contributed by atoms with E-state index in [4.69, 9.17) is 9.47 Å². The fraction of sp³-hybridized carbons (Fsp3) is 0.500. The van der Waals surface area contributed by atoms with Crippen molar-refractivity contribution in [3.05, 3.63) is 30.2 Å². The molecule has 2 aliphatic heterocycles. The molecule has 0 aliphatic carbocycles. The van der Waals surface area contributed by atoms with Crippen molar-refractivity contribution in [3.63, 3.8) is 0 Å². The van der Waals surface area contributed by atoms with Crippen LogP contribution in [0.5, 0.6) is 5.88 Å². The predicted octanol–water partition coefficient (Wildman–Crippen LogP) is 3.04. The smallest absolute Gasteiger partial charge is 0.244 e. The summed E-state index contributed by atoms with van der Waals surface area (Å²) in [5.41, 5.74) is 2.21. The van der Waals surface area contributed by atoms with Gasteiger partial charge in [-0.1, -0.05) is 11.3 Å². The number of alkyl halides is 2. The fourth-order valence-corrected chi connectivity index (χ4v) is 5.00. The van der Waals surface area contributed by atoms with Gasteiger partial charge in [-0.2, -0.15) is 4.98 Å².